The fourth-order valence-electron chi connectivity index (χ4n) is 3.04. The number of piperidine rings is 1. The van der Waals surface area contributed by atoms with Gasteiger partial charge in [0.25, 0.3) is 0 Å². The van der Waals surface area contributed by atoms with E-state index >= 15 is 0 Å². The molecule has 1 aromatic carbocycles. The lowest BCUT2D eigenvalue weighted by Gasteiger charge is -2.31. The molecule has 0 aliphatic carbocycles. The third kappa shape index (κ3) is 4.64. The minimum absolute atomic E-state index is 0.00444. The fraction of sp³-hybridized carbons (Fsp3) is 0.278. The van der Waals surface area contributed by atoms with Crippen molar-refractivity contribution in [2.75, 3.05) is 18.4 Å². The van der Waals surface area contributed by atoms with Crippen molar-refractivity contribution in [1.29, 1.82) is 0 Å². The van der Waals surface area contributed by atoms with Gasteiger partial charge in [-0.1, -0.05) is 0 Å². The molecule has 0 saturated carbocycles. The Morgan fingerprint density at radius 3 is 2.40 bits per heavy atom. The van der Waals surface area contributed by atoms with Crippen LogP contribution in [0.3, 0.4) is 0 Å². The molecule has 1 aromatic heterocycles. The lowest BCUT2D eigenvalue weighted by Crippen LogP contribution is -2.46. The second kappa shape index (κ2) is 8.61. The van der Waals surface area contributed by atoms with Crippen LogP contribution in [-0.2, 0) is 4.74 Å². The average Bonchev–Trinajstić information content (AvgIpc) is 3.09. The molecular weight excluding hydrogens is 425 g/mol. The topological polar surface area (TPSA) is 128 Å². The lowest BCUT2D eigenvalue weighted by molar-refractivity contribution is 0.0129. The molecule has 30 heavy (non-hydrogen) atoms. The van der Waals surface area contributed by atoms with E-state index in [1.807, 2.05) is 0 Å². The third-order valence-electron chi connectivity index (χ3n) is 4.42. The van der Waals surface area contributed by atoms with E-state index in [1.165, 1.54) is 11.0 Å². The van der Waals surface area contributed by atoms with Gasteiger partial charge in [0.15, 0.2) is 17.5 Å². The number of nitrogens with two attached hydrogens (primary N) is 2. The van der Waals surface area contributed by atoms with Crippen molar-refractivity contribution in [2.24, 2.45) is 11.5 Å². The highest BCUT2D eigenvalue weighted by Crippen LogP contribution is 2.37. The van der Waals surface area contributed by atoms with Crippen LogP contribution in [0.15, 0.2) is 18.2 Å². The molecule has 4 amide bonds. The number of amides is 4. The van der Waals surface area contributed by atoms with Gasteiger partial charge in [0.05, 0.1) is 12.1 Å². The largest absolute Gasteiger partial charge is 0.457 e. The van der Waals surface area contributed by atoms with Gasteiger partial charge in [-0.05, 0) is 36.6 Å². The second-order valence-corrected chi connectivity index (χ2v) is 7.60. The van der Waals surface area contributed by atoms with Gasteiger partial charge in [-0.15, -0.1) is 11.3 Å². The number of urea groups is 2. The van der Waals surface area contributed by atoms with E-state index in [9.17, 15) is 27.6 Å². The van der Waals surface area contributed by atoms with Crippen molar-refractivity contribution < 1.29 is 32.3 Å². The Hall–Kier alpha value is -3.28. The predicted octanol–water partition coefficient (Wildman–Crippen LogP) is 3.02. The van der Waals surface area contributed by atoms with E-state index in [1.54, 1.807) is 0 Å². The molecule has 0 bridgehead atoms. The number of anilines is 1. The van der Waals surface area contributed by atoms with E-state index in [0.717, 1.165) is 23.5 Å². The number of rotatable bonds is 4. The number of benzene rings is 1. The van der Waals surface area contributed by atoms with Crippen molar-refractivity contribution in [3.63, 3.8) is 0 Å². The van der Waals surface area contributed by atoms with Gasteiger partial charge in [-0.3, -0.25) is 5.32 Å². The number of nitrogens with one attached hydrogen (secondary N) is 1. The van der Waals surface area contributed by atoms with Gasteiger partial charge in [-0.2, -0.15) is 0 Å². The molecule has 1 fully saturated rings. The molecule has 8 nitrogen and oxygen atoms in total. The molecule has 2 aromatic rings. The van der Waals surface area contributed by atoms with Gasteiger partial charge < -0.3 is 21.1 Å². The number of carbonyl (C=O) groups excluding carboxylic acids is 3. The Labute approximate surface area is 172 Å². The summed E-state index contributed by atoms with van der Waals surface area (Å²) in [6.07, 6.45) is 0.458. The van der Waals surface area contributed by atoms with Crippen molar-refractivity contribution in [3.05, 3.63) is 41.2 Å². The van der Waals surface area contributed by atoms with Crippen LogP contribution in [0.4, 0.5) is 27.8 Å². The molecular formula is C18H17F3N4O4S. The summed E-state index contributed by atoms with van der Waals surface area (Å²) in [6, 6.07) is 1.17. The van der Waals surface area contributed by atoms with Crippen LogP contribution in [-0.4, -0.2) is 42.1 Å². The molecule has 3 rings (SSSR count). The number of primary amides is 2. The van der Waals surface area contributed by atoms with E-state index < -0.39 is 41.6 Å². The number of halogens is 3. The Bertz CT molecular complexity index is 990. The molecule has 1 unspecified atom stereocenters. The lowest BCUT2D eigenvalue weighted by atomic mass is 10.1. The first-order valence-corrected chi connectivity index (χ1v) is 9.58. The van der Waals surface area contributed by atoms with Crippen LogP contribution < -0.4 is 16.8 Å². The first-order valence-electron chi connectivity index (χ1n) is 8.76. The van der Waals surface area contributed by atoms with Gasteiger partial charge in [0.1, 0.15) is 11.1 Å². The van der Waals surface area contributed by atoms with E-state index in [-0.39, 0.29) is 27.5 Å². The molecule has 160 valence electrons. The number of thiophene rings is 1. The summed E-state index contributed by atoms with van der Waals surface area (Å²) in [5.74, 6) is -5.26. The quantitative estimate of drug-likeness (QED) is 0.497. The summed E-state index contributed by atoms with van der Waals surface area (Å²) in [7, 11) is 0. The fourth-order valence-corrected chi connectivity index (χ4v) is 4.07. The zero-order valence-electron chi connectivity index (χ0n) is 15.4. The SMILES string of the molecule is NC(=O)Nc1sc(-c2cc(F)c(F)c(F)c2)cc1C(=O)OC1CCCN(C(N)=O)C1. The van der Waals surface area contributed by atoms with Crippen LogP contribution in [0.5, 0.6) is 0 Å². The Balaban J connectivity index is 1.88. The van der Waals surface area contributed by atoms with Crippen LogP contribution >= 0.6 is 11.3 Å². The van der Waals surface area contributed by atoms with Crippen molar-refractivity contribution in [3.8, 4) is 10.4 Å². The number of esters is 1. The first kappa shape index (κ1) is 21.4. The van der Waals surface area contributed by atoms with E-state index in [2.05, 4.69) is 5.32 Å². The molecule has 1 aliphatic heterocycles. The van der Waals surface area contributed by atoms with Gasteiger partial charge >= 0.3 is 18.0 Å². The zero-order valence-corrected chi connectivity index (χ0v) is 16.2. The minimum Gasteiger partial charge on any atom is -0.457 e. The Morgan fingerprint density at radius 2 is 1.80 bits per heavy atom. The smallest absolute Gasteiger partial charge is 0.341 e. The zero-order chi connectivity index (χ0) is 22.0. The maximum Gasteiger partial charge on any atom is 0.341 e. The monoisotopic (exact) mass is 442 g/mol. The molecule has 1 aliphatic rings. The average molecular weight is 442 g/mol. The summed E-state index contributed by atoms with van der Waals surface area (Å²) >= 11 is 0.807. The van der Waals surface area contributed by atoms with Crippen molar-refractivity contribution in [2.45, 2.75) is 18.9 Å². The minimum atomic E-state index is -1.62. The Kier molecular flexibility index (Phi) is 6.15. The molecule has 2 heterocycles. The van der Waals surface area contributed by atoms with Crippen molar-refractivity contribution >= 4 is 34.4 Å². The third-order valence-corrected chi connectivity index (χ3v) is 5.52. The summed E-state index contributed by atoms with van der Waals surface area (Å²) in [4.78, 5) is 36.8. The highest BCUT2D eigenvalue weighted by molar-refractivity contribution is 7.20. The number of ether oxygens (including phenoxy) is 1. The maximum atomic E-state index is 13.6. The highest BCUT2D eigenvalue weighted by atomic mass is 32.1. The standard InChI is InChI=1S/C18H17F3N4O4S/c19-11-4-8(5-12(20)14(11)21)13-6-10(15(30-13)24-17(22)27)16(26)29-9-2-1-3-25(7-9)18(23)28/h4-6,9H,1-3,7H2,(H2,23,28)(H3,22,24,27). The van der Waals surface area contributed by atoms with Crippen LogP contribution in [0.1, 0.15) is 23.2 Å². The number of likely N-dealkylation sites (tertiary alicyclic amines) is 1. The van der Waals surface area contributed by atoms with Crippen LogP contribution in [0.25, 0.3) is 10.4 Å². The molecule has 0 radical (unpaired) electrons. The van der Waals surface area contributed by atoms with E-state index in [4.69, 9.17) is 16.2 Å². The summed E-state index contributed by atoms with van der Waals surface area (Å²) < 4.78 is 45.8. The molecule has 12 heteroatoms. The molecule has 0 spiro atoms. The van der Waals surface area contributed by atoms with Crippen LogP contribution in [0, 0.1) is 17.5 Å². The maximum absolute atomic E-state index is 13.6. The summed E-state index contributed by atoms with van der Waals surface area (Å²) in [5, 5.41) is 2.26. The number of carbonyl (C=O) groups is 3. The molecule has 1 saturated heterocycles. The summed E-state index contributed by atoms with van der Waals surface area (Å²) in [5.41, 5.74) is 10.2. The van der Waals surface area contributed by atoms with Gasteiger partial charge in [0.2, 0.25) is 0 Å². The summed E-state index contributed by atoms with van der Waals surface area (Å²) in [6.45, 7) is 0.563. The normalized spacial score (nSPS) is 16.2. The van der Waals surface area contributed by atoms with E-state index in [0.29, 0.717) is 19.4 Å². The highest BCUT2D eigenvalue weighted by Gasteiger charge is 2.28. The predicted molar refractivity (Wildman–Crippen MR) is 102 cm³/mol. The van der Waals surface area contributed by atoms with Crippen molar-refractivity contribution in [1.82, 2.24) is 4.90 Å². The van der Waals surface area contributed by atoms with Gasteiger partial charge in [-0.25, -0.2) is 27.6 Å². The second-order valence-electron chi connectivity index (χ2n) is 6.55. The number of hydrogen-bond donors (Lipinski definition) is 3. The van der Waals surface area contributed by atoms with Crippen LogP contribution in [0.2, 0.25) is 0 Å². The number of hydrogen-bond acceptors (Lipinski definition) is 5. The molecule has 1 atom stereocenters. The Morgan fingerprint density at radius 1 is 1.13 bits per heavy atom. The molecule has 5 N–H and O–H groups in total. The first-order chi connectivity index (χ1) is 14.2. The number of nitrogens with zero attached hydrogens (tertiary/aromatic N) is 1. The van der Waals surface area contributed by atoms with Gasteiger partial charge in [0, 0.05) is 11.4 Å².